The standard InChI is InChI=1S/C23H46N6O13/c24-2-7-13(32)15(34)10(28)21(37-7)40-18-6(27)1-5(26)12(31)20(18)42-23-17(36)19(9(4-30)39-23)41-22-11(29)16(35)14(33)8(3-25)38-22/h5-23,30-36H,1-4,24-29H2/t5-,6?,7?,8+,9-,10?,11?,12?,13-,14+,15-,16?,17?,18-,19+,20-,21-,22+,23+/m1/s1. The van der Waals surface area contributed by atoms with E-state index in [9.17, 15) is 35.7 Å². The number of aliphatic hydroxyl groups is 7. The quantitative estimate of drug-likeness (QED) is 0.115. The van der Waals surface area contributed by atoms with E-state index in [0.29, 0.717) is 0 Å². The predicted molar refractivity (Wildman–Crippen MR) is 138 cm³/mol. The first kappa shape index (κ1) is 34.1. The molecule has 0 aromatic carbocycles. The maximum Gasteiger partial charge on any atom is 0.187 e. The molecule has 3 heterocycles. The molecule has 0 aromatic heterocycles. The Balaban J connectivity index is 1.50. The van der Waals surface area contributed by atoms with Crippen LogP contribution in [0.5, 0.6) is 0 Å². The van der Waals surface area contributed by atoms with Gasteiger partial charge in [0.05, 0.1) is 24.8 Å². The molecule has 4 rings (SSSR count). The maximum atomic E-state index is 11.1. The van der Waals surface area contributed by atoms with Crippen LogP contribution in [0.15, 0.2) is 0 Å². The van der Waals surface area contributed by atoms with Crippen LogP contribution in [0.25, 0.3) is 0 Å². The topological polar surface area (TPSA) is 353 Å². The number of rotatable bonds is 9. The summed E-state index contributed by atoms with van der Waals surface area (Å²) < 4.78 is 34.6. The monoisotopic (exact) mass is 614 g/mol. The van der Waals surface area contributed by atoms with Crippen molar-refractivity contribution in [2.75, 3.05) is 19.7 Å². The predicted octanol–water partition coefficient (Wildman–Crippen LogP) is -8.90. The summed E-state index contributed by atoms with van der Waals surface area (Å²) >= 11 is 0. The van der Waals surface area contributed by atoms with Gasteiger partial charge in [0, 0.05) is 25.2 Å². The van der Waals surface area contributed by atoms with Gasteiger partial charge in [0.2, 0.25) is 0 Å². The summed E-state index contributed by atoms with van der Waals surface area (Å²) in [7, 11) is 0. The van der Waals surface area contributed by atoms with Crippen molar-refractivity contribution < 1.29 is 64.2 Å². The van der Waals surface area contributed by atoms with Crippen molar-refractivity contribution in [3.8, 4) is 0 Å². The Labute approximate surface area is 241 Å². The normalized spacial score (nSPS) is 53.8. The van der Waals surface area contributed by atoms with Gasteiger partial charge in [0.15, 0.2) is 18.9 Å². The largest absolute Gasteiger partial charge is 0.394 e. The van der Waals surface area contributed by atoms with Crippen molar-refractivity contribution in [3.63, 3.8) is 0 Å². The molecule has 3 saturated heterocycles. The van der Waals surface area contributed by atoms with Gasteiger partial charge < -0.3 is 98.6 Å². The molecule has 0 bridgehead atoms. The highest BCUT2D eigenvalue weighted by Gasteiger charge is 2.54. The third-order valence-electron chi connectivity index (χ3n) is 8.37. The van der Waals surface area contributed by atoms with E-state index in [2.05, 4.69) is 0 Å². The molecule has 1 saturated carbocycles. The minimum absolute atomic E-state index is 0.0889. The highest BCUT2D eigenvalue weighted by molar-refractivity contribution is 5.02. The molecule has 1 aliphatic carbocycles. The van der Waals surface area contributed by atoms with Crippen LogP contribution in [0.1, 0.15) is 6.42 Å². The lowest BCUT2D eigenvalue weighted by Crippen LogP contribution is -2.68. The zero-order valence-corrected chi connectivity index (χ0v) is 22.8. The fourth-order valence-corrected chi connectivity index (χ4v) is 5.74. The van der Waals surface area contributed by atoms with Gasteiger partial charge in [-0.3, -0.25) is 0 Å². The molecule has 4 fully saturated rings. The van der Waals surface area contributed by atoms with E-state index in [1.807, 2.05) is 0 Å². The van der Waals surface area contributed by atoms with Gasteiger partial charge in [-0.15, -0.1) is 0 Å². The molecule has 19 atom stereocenters. The molecule has 4 aliphatic rings. The number of hydrogen-bond acceptors (Lipinski definition) is 19. The highest BCUT2D eigenvalue weighted by Crippen LogP contribution is 2.34. The second-order valence-corrected chi connectivity index (χ2v) is 11.2. The fourth-order valence-electron chi connectivity index (χ4n) is 5.74. The summed E-state index contributed by atoms with van der Waals surface area (Å²) in [5.74, 6) is 0. The minimum atomic E-state index is -1.60. The highest BCUT2D eigenvalue weighted by atomic mass is 16.8. The number of ether oxygens (including phenoxy) is 6. The van der Waals surface area contributed by atoms with Gasteiger partial charge in [0.25, 0.3) is 0 Å². The average molecular weight is 615 g/mol. The molecule has 246 valence electrons. The van der Waals surface area contributed by atoms with Gasteiger partial charge in [-0.05, 0) is 6.42 Å². The van der Waals surface area contributed by atoms with Crippen molar-refractivity contribution >= 4 is 0 Å². The van der Waals surface area contributed by atoms with E-state index in [1.165, 1.54) is 0 Å². The van der Waals surface area contributed by atoms with E-state index in [0.717, 1.165) is 0 Å². The summed E-state index contributed by atoms with van der Waals surface area (Å²) in [5, 5.41) is 73.0. The lowest BCUT2D eigenvalue weighted by atomic mass is 9.84. The summed E-state index contributed by atoms with van der Waals surface area (Å²) in [6, 6.07) is -4.18. The zero-order chi connectivity index (χ0) is 31.0. The molecule has 0 aromatic rings. The molecular weight excluding hydrogens is 568 g/mol. The molecule has 0 spiro atoms. The molecule has 19 heteroatoms. The number of aliphatic hydroxyl groups excluding tert-OH is 7. The van der Waals surface area contributed by atoms with Gasteiger partial charge in [0.1, 0.15) is 67.1 Å². The van der Waals surface area contributed by atoms with E-state index in [1.54, 1.807) is 0 Å². The van der Waals surface area contributed by atoms with E-state index in [4.69, 9.17) is 62.8 Å². The third-order valence-corrected chi connectivity index (χ3v) is 8.37. The van der Waals surface area contributed by atoms with Gasteiger partial charge in [-0.25, -0.2) is 0 Å². The Hall–Kier alpha value is -0.760. The van der Waals surface area contributed by atoms with E-state index >= 15 is 0 Å². The summed E-state index contributed by atoms with van der Waals surface area (Å²) in [5.41, 5.74) is 35.6. The molecule has 42 heavy (non-hydrogen) atoms. The van der Waals surface area contributed by atoms with Crippen molar-refractivity contribution in [1.82, 2.24) is 0 Å². The average Bonchev–Trinajstić information content (AvgIpc) is 3.27. The first-order valence-electron chi connectivity index (χ1n) is 13.9. The lowest BCUT2D eigenvalue weighted by Gasteiger charge is -2.47. The third kappa shape index (κ3) is 6.60. The maximum absolute atomic E-state index is 11.1. The smallest absolute Gasteiger partial charge is 0.187 e. The molecule has 0 radical (unpaired) electrons. The van der Waals surface area contributed by atoms with Crippen LogP contribution in [0.3, 0.4) is 0 Å². The Morgan fingerprint density at radius 1 is 0.524 bits per heavy atom. The molecular formula is C23H46N6O13. The van der Waals surface area contributed by atoms with Crippen LogP contribution in [0.2, 0.25) is 0 Å². The molecule has 3 aliphatic heterocycles. The Bertz CT molecular complexity index is 868. The molecule has 19 nitrogen and oxygen atoms in total. The van der Waals surface area contributed by atoms with Crippen LogP contribution in [0, 0.1) is 0 Å². The lowest BCUT2D eigenvalue weighted by molar-refractivity contribution is -0.306. The van der Waals surface area contributed by atoms with E-state index in [-0.39, 0.29) is 19.5 Å². The molecule has 19 N–H and O–H groups in total. The zero-order valence-electron chi connectivity index (χ0n) is 22.8. The Morgan fingerprint density at radius 2 is 0.976 bits per heavy atom. The van der Waals surface area contributed by atoms with Gasteiger partial charge >= 0.3 is 0 Å². The van der Waals surface area contributed by atoms with Crippen molar-refractivity contribution in [3.05, 3.63) is 0 Å². The summed E-state index contributed by atoms with van der Waals surface area (Å²) in [4.78, 5) is 0. The van der Waals surface area contributed by atoms with Crippen LogP contribution in [-0.4, -0.2) is 172 Å². The minimum Gasteiger partial charge on any atom is -0.394 e. The van der Waals surface area contributed by atoms with Crippen LogP contribution in [0.4, 0.5) is 0 Å². The van der Waals surface area contributed by atoms with Crippen LogP contribution in [-0.2, 0) is 28.4 Å². The van der Waals surface area contributed by atoms with Crippen molar-refractivity contribution in [2.45, 2.75) is 123 Å². The fraction of sp³-hybridized carbons (Fsp3) is 1.00. The summed E-state index contributed by atoms with van der Waals surface area (Å²) in [6.45, 7) is -0.967. The van der Waals surface area contributed by atoms with Crippen LogP contribution >= 0.6 is 0 Å². The first-order chi connectivity index (χ1) is 19.8. The Morgan fingerprint density at radius 3 is 1.45 bits per heavy atom. The van der Waals surface area contributed by atoms with Crippen LogP contribution < -0.4 is 34.4 Å². The van der Waals surface area contributed by atoms with Gasteiger partial charge in [-0.2, -0.15) is 0 Å². The van der Waals surface area contributed by atoms with E-state index < -0.39 is 123 Å². The number of hydrogen-bond donors (Lipinski definition) is 13. The second kappa shape index (κ2) is 14.1. The molecule has 0 amide bonds. The van der Waals surface area contributed by atoms with Crippen molar-refractivity contribution in [1.29, 1.82) is 0 Å². The van der Waals surface area contributed by atoms with Crippen molar-refractivity contribution in [2.24, 2.45) is 34.4 Å². The second-order valence-electron chi connectivity index (χ2n) is 11.2. The Kier molecular flexibility index (Phi) is 11.5. The first-order valence-corrected chi connectivity index (χ1v) is 13.9. The van der Waals surface area contributed by atoms with Gasteiger partial charge in [-0.1, -0.05) is 0 Å². The SMILES string of the molecule is NCC1O[C@H](O[C@@H]2C(N)C[C@@H](N)C(O)[C@H]2O[C@@H]2O[C@H](CO)[C@H](O[C@@H]3O[C@@H](CN)[C@H](O)C(O)C3N)C2O)C(N)[C@@H](O)[C@@H]1O. The molecule has 7 unspecified atom stereocenters. The number of nitrogens with two attached hydrogens (primary N) is 6. The summed E-state index contributed by atoms with van der Waals surface area (Å²) in [6.07, 6.45) is -19.8.